The molecule has 2 aliphatic heterocycles. The van der Waals surface area contributed by atoms with Crippen molar-refractivity contribution in [2.24, 2.45) is 0 Å². The highest BCUT2D eigenvalue weighted by Gasteiger charge is 2.49. The summed E-state index contributed by atoms with van der Waals surface area (Å²) < 4.78 is 5.13. The number of anilines is 2. The van der Waals surface area contributed by atoms with Crippen LogP contribution in [-0.4, -0.2) is 42.3 Å². The van der Waals surface area contributed by atoms with Crippen LogP contribution in [0, 0.1) is 0 Å². The largest absolute Gasteiger partial charge is 0.497 e. The lowest BCUT2D eigenvalue weighted by atomic mass is 9.92. The molecule has 1 fully saturated rings. The van der Waals surface area contributed by atoms with Crippen LogP contribution < -0.4 is 20.7 Å². The van der Waals surface area contributed by atoms with E-state index in [1.54, 1.807) is 49.4 Å². The lowest BCUT2D eigenvalue weighted by molar-refractivity contribution is -0.133. The number of ether oxygens (including phenoxy) is 1. The second kappa shape index (κ2) is 7.75. The number of carbonyl (C=O) groups is 4. The second-order valence-corrected chi connectivity index (χ2v) is 7.64. The smallest absolute Gasteiger partial charge is 0.325 e. The summed E-state index contributed by atoms with van der Waals surface area (Å²) in [7, 11) is 1.54. The van der Waals surface area contributed by atoms with E-state index in [0.29, 0.717) is 29.8 Å². The van der Waals surface area contributed by atoms with E-state index in [0.717, 1.165) is 16.2 Å². The normalized spacial score (nSPS) is 20.1. The van der Waals surface area contributed by atoms with Crippen molar-refractivity contribution >= 4 is 35.1 Å². The molecular weight excluding hydrogens is 400 g/mol. The summed E-state index contributed by atoms with van der Waals surface area (Å²) in [6.07, 6.45) is 0.967. The van der Waals surface area contributed by atoms with Gasteiger partial charge in [-0.15, -0.1) is 0 Å². The van der Waals surface area contributed by atoms with Crippen LogP contribution in [0.2, 0.25) is 0 Å². The molecule has 2 aromatic carbocycles. The zero-order chi connectivity index (χ0) is 22.2. The first kappa shape index (κ1) is 20.4. The fraction of sp³-hybridized carbons (Fsp3) is 0.273. The third-order valence-electron chi connectivity index (χ3n) is 5.53. The van der Waals surface area contributed by atoms with Crippen LogP contribution in [-0.2, 0) is 26.3 Å². The van der Waals surface area contributed by atoms with Crippen molar-refractivity contribution in [2.75, 3.05) is 24.3 Å². The van der Waals surface area contributed by atoms with Crippen molar-refractivity contribution in [3.8, 4) is 5.75 Å². The van der Waals surface area contributed by atoms with E-state index in [-0.39, 0.29) is 5.91 Å². The first-order valence-electron chi connectivity index (χ1n) is 9.81. The van der Waals surface area contributed by atoms with Gasteiger partial charge in [0.15, 0.2) is 0 Å². The van der Waals surface area contributed by atoms with Crippen molar-refractivity contribution < 1.29 is 23.9 Å². The molecule has 0 aromatic heterocycles. The number of amides is 5. The molecule has 1 atom stereocenters. The number of nitrogens with one attached hydrogen (secondary N) is 3. The first-order chi connectivity index (χ1) is 14.8. The maximum atomic E-state index is 13.0. The molecular formula is C22H22N4O5. The minimum absolute atomic E-state index is 0.0391. The highest BCUT2D eigenvalue weighted by atomic mass is 16.5. The van der Waals surface area contributed by atoms with E-state index in [4.69, 9.17) is 4.74 Å². The van der Waals surface area contributed by atoms with Crippen molar-refractivity contribution in [2.45, 2.75) is 25.3 Å². The molecule has 9 nitrogen and oxygen atoms in total. The molecule has 3 N–H and O–H groups in total. The SMILES string of the molecule is COc1ccc(C2(C)NC(=O)N(CC(=O)Nc3ccc4c(c3)CCC(=O)N4)C2=O)cc1. The molecule has 0 radical (unpaired) electrons. The Balaban J connectivity index is 1.45. The third kappa shape index (κ3) is 3.81. The number of methoxy groups -OCH3 is 1. The average Bonchev–Trinajstić information content (AvgIpc) is 2.97. The Hall–Kier alpha value is -3.88. The van der Waals surface area contributed by atoms with Gasteiger partial charge in [0.1, 0.15) is 17.8 Å². The summed E-state index contributed by atoms with van der Waals surface area (Å²) in [5, 5.41) is 8.16. The van der Waals surface area contributed by atoms with Crippen molar-refractivity contribution in [1.82, 2.24) is 10.2 Å². The Kier molecular flexibility index (Phi) is 5.10. The van der Waals surface area contributed by atoms with E-state index < -0.39 is 29.9 Å². The summed E-state index contributed by atoms with van der Waals surface area (Å²) >= 11 is 0. The van der Waals surface area contributed by atoms with Gasteiger partial charge in [-0.3, -0.25) is 19.3 Å². The summed E-state index contributed by atoms with van der Waals surface area (Å²) in [6.45, 7) is 1.19. The fourth-order valence-electron chi connectivity index (χ4n) is 3.77. The van der Waals surface area contributed by atoms with E-state index in [2.05, 4.69) is 16.0 Å². The topological polar surface area (TPSA) is 117 Å². The number of carbonyl (C=O) groups excluding carboxylic acids is 4. The molecule has 4 rings (SSSR count). The number of rotatable bonds is 5. The van der Waals surface area contributed by atoms with Gasteiger partial charge in [0.05, 0.1) is 7.11 Å². The van der Waals surface area contributed by atoms with Gasteiger partial charge in [-0.2, -0.15) is 0 Å². The Morgan fingerprint density at radius 1 is 1.13 bits per heavy atom. The summed E-state index contributed by atoms with van der Waals surface area (Å²) in [5.41, 5.74) is 1.49. The minimum atomic E-state index is -1.27. The predicted molar refractivity (Wildman–Crippen MR) is 113 cm³/mol. The van der Waals surface area contributed by atoms with E-state index >= 15 is 0 Å². The van der Waals surface area contributed by atoms with Gasteiger partial charge in [-0.05, 0) is 54.8 Å². The Morgan fingerprint density at radius 3 is 2.58 bits per heavy atom. The van der Waals surface area contributed by atoms with Crippen LogP contribution in [0.1, 0.15) is 24.5 Å². The molecule has 31 heavy (non-hydrogen) atoms. The van der Waals surface area contributed by atoms with Crippen molar-refractivity contribution in [1.29, 1.82) is 0 Å². The molecule has 160 valence electrons. The van der Waals surface area contributed by atoms with Gasteiger partial charge in [-0.1, -0.05) is 12.1 Å². The number of hydrogen-bond acceptors (Lipinski definition) is 5. The summed E-state index contributed by atoms with van der Waals surface area (Å²) in [5.74, 6) is -0.416. The van der Waals surface area contributed by atoms with Gasteiger partial charge in [0, 0.05) is 17.8 Å². The monoisotopic (exact) mass is 422 g/mol. The predicted octanol–water partition coefficient (Wildman–Crippen LogP) is 1.99. The molecule has 0 spiro atoms. The maximum Gasteiger partial charge on any atom is 0.325 e. The molecule has 0 bridgehead atoms. The number of aryl methyl sites for hydroxylation is 1. The third-order valence-corrected chi connectivity index (χ3v) is 5.53. The summed E-state index contributed by atoms with van der Waals surface area (Å²) in [6, 6.07) is 11.3. The lowest BCUT2D eigenvalue weighted by Crippen LogP contribution is -2.42. The molecule has 5 amide bonds. The van der Waals surface area contributed by atoms with Crippen LogP contribution in [0.25, 0.3) is 0 Å². The Labute approximate surface area is 178 Å². The Bertz CT molecular complexity index is 1080. The Morgan fingerprint density at radius 2 is 1.87 bits per heavy atom. The number of nitrogens with zero attached hydrogens (tertiary/aromatic N) is 1. The molecule has 9 heteroatoms. The number of urea groups is 1. The molecule has 0 aliphatic carbocycles. The average molecular weight is 422 g/mol. The lowest BCUT2D eigenvalue weighted by Gasteiger charge is -2.22. The zero-order valence-electron chi connectivity index (χ0n) is 17.2. The van der Waals surface area contributed by atoms with Crippen LogP contribution in [0.5, 0.6) is 5.75 Å². The van der Waals surface area contributed by atoms with Crippen LogP contribution in [0.15, 0.2) is 42.5 Å². The molecule has 2 aliphatic rings. The second-order valence-electron chi connectivity index (χ2n) is 7.64. The van der Waals surface area contributed by atoms with E-state index in [1.165, 1.54) is 7.11 Å². The number of benzene rings is 2. The van der Waals surface area contributed by atoms with Crippen molar-refractivity contribution in [3.05, 3.63) is 53.6 Å². The zero-order valence-corrected chi connectivity index (χ0v) is 17.2. The van der Waals surface area contributed by atoms with Crippen LogP contribution in [0.4, 0.5) is 16.2 Å². The molecule has 2 aromatic rings. The quantitative estimate of drug-likeness (QED) is 0.637. The highest BCUT2D eigenvalue weighted by molar-refractivity contribution is 6.10. The van der Waals surface area contributed by atoms with Gasteiger partial charge < -0.3 is 20.7 Å². The standard InChI is InChI=1S/C22H22N4O5/c1-22(14-4-7-16(31-2)8-5-14)20(29)26(21(30)25-22)12-19(28)23-15-6-9-17-13(11-15)3-10-18(27)24-17/h4-9,11H,3,10,12H2,1-2H3,(H,23,28)(H,24,27)(H,25,30). The van der Waals surface area contributed by atoms with Crippen LogP contribution >= 0.6 is 0 Å². The molecule has 0 saturated carbocycles. The number of hydrogen-bond donors (Lipinski definition) is 3. The van der Waals surface area contributed by atoms with Crippen LogP contribution in [0.3, 0.4) is 0 Å². The summed E-state index contributed by atoms with van der Waals surface area (Å²) in [4.78, 5) is 50.4. The van der Waals surface area contributed by atoms with Gasteiger partial charge in [0.25, 0.3) is 5.91 Å². The molecule has 2 heterocycles. The minimum Gasteiger partial charge on any atom is -0.497 e. The molecule has 1 unspecified atom stereocenters. The fourth-order valence-corrected chi connectivity index (χ4v) is 3.77. The molecule has 1 saturated heterocycles. The first-order valence-corrected chi connectivity index (χ1v) is 9.81. The van der Waals surface area contributed by atoms with Gasteiger partial charge >= 0.3 is 6.03 Å². The number of imide groups is 1. The van der Waals surface area contributed by atoms with Gasteiger partial charge in [-0.25, -0.2) is 4.79 Å². The van der Waals surface area contributed by atoms with E-state index in [1.807, 2.05) is 0 Å². The number of fused-ring (bicyclic) bond motifs is 1. The maximum absolute atomic E-state index is 13.0. The highest BCUT2D eigenvalue weighted by Crippen LogP contribution is 2.30. The van der Waals surface area contributed by atoms with Gasteiger partial charge in [0.2, 0.25) is 11.8 Å². The van der Waals surface area contributed by atoms with E-state index in [9.17, 15) is 19.2 Å². The van der Waals surface area contributed by atoms with Crippen molar-refractivity contribution in [3.63, 3.8) is 0 Å².